The van der Waals surface area contributed by atoms with Crippen LogP contribution in [0.3, 0.4) is 0 Å². The minimum Gasteiger partial charge on any atom is -0.468 e. The zero-order valence-corrected chi connectivity index (χ0v) is 15.5. The number of rotatable bonds is 5. The van der Waals surface area contributed by atoms with Crippen molar-refractivity contribution in [1.82, 2.24) is 5.32 Å². The fraction of sp³-hybridized carbons (Fsp3) is 0.600. The predicted octanol–water partition coefficient (Wildman–Crippen LogP) is 2.52. The molecule has 1 aliphatic heterocycles. The Morgan fingerprint density at radius 2 is 1.84 bits per heavy atom. The van der Waals surface area contributed by atoms with Crippen LogP contribution >= 0.6 is 0 Å². The molecule has 2 fully saturated rings. The highest BCUT2D eigenvalue weighted by molar-refractivity contribution is 5.87. The summed E-state index contributed by atoms with van der Waals surface area (Å²) in [6, 6.07) is 4.38. The summed E-state index contributed by atoms with van der Waals surface area (Å²) in [7, 11) is 1.40. The molecule has 1 N–H and O–H groups in total. The fourth-order valence-corrected chi connectivity index (χ4v) is 3.99. The van der Waals surface area contributed by atoms with Crippen LogP contribution < -0.4 is 5.32 Å². The van der Waals surface area contributed by atoms with Gasteiger partial charge in [0.25, 0.3) is 0 Å². The third kappa shape index (κ3) is 3.77. The van der Waals surface area contributed by atoms with Crippen molar-refractivity contribution in [3.8, 4) is 0 Å². The van der Waals surface area contributed by atoms with Crippen molar-refractivity contribution < 1.29 is 19.1 Å². The number of ether oxygens (including phenoxy) is 2. The van der Waals surface area contributed by atoms with Gasteiger partial charge in [0.1, 0.15) is 23.7 Å². The number of nitrogens with one attached hydrogen (secondary N) is 1. The van der Waals surface area contributed by atoms with E-state index in [1.54, 1.807) is 0 Å². The zero-order chi connectivity index (χ0) is 18.2. The van der Waals surface area contributed by atoms with E-state index in [0.29, 0.717) is 25.7 Å². The molecule has 1 aliphatic carbocycles. The Hall–Kier alpha value is -1.72. The molecule has 0 amide bonds. The standard InChI is InChI=1S/C20H27NO4/c1-12-9-13(2)16(14(3)10-12)11-17-18(25-17)21-20(19(23)24-4)7-5-15(22)6-8-20/h9-10,17-18,21H,5-8,11H2,1-4H3. The highest BCUT2D eigenvalue weighted by atomic mass is 16.6. The van der Waals surface area contributed by atoms with Crippen LogP contribution in [0.15, 0.2) is 12.1 Å². The van der Waals surface area contributed by atoms with Gasteiger partial charge >= 0.3 is 5.97 Å². The summed E-state index contributed by atoms with van der Waals surface area (Å²) in [5.74, 6) is -0.0857. The summed E-state index contributed by atoms with van der Waals surface area (Å²) >= 11 is 0. The van der Waals surface area contributed by atoms with Gasteiger partial charge in [-0.15, -0.1) is 0 Å². The summed E-state index contributed by atoms with van der Waals surface area (Å²) in [5, 5.41) is 3.35. The van der Waals surface area contributed by atoms with Crippen molar-refractivity contribution in [2.45, 2.75) is 70.7 Å². The van der Waals surface area contributed by atoms with E-state index >= 15 is 0 Å². The molecule has 0 bridgehead atoms. The smallest absolute Gasteiger partial charge is 0.326 e. The lowest BCUT2D eigenvalue weighted by Crippen LogP contribution is -2.56. The van der Waals surface area contributed by atoms with Gasteiger partial charge in [0, 0.05) is 19.3 Å². The molecular formula is C20H27NO4. The fourth-order valence-electron chi connectivity index (χ4n) is 3.99. The third-order valence-electron chi connectivity index (χ3n) is 5.48. The Morgan fingerprint density at radius 3 is 2.40 bits per heavy atom. The van der Waals surface area contributed by atoms with Crippen LogP contribution in [0.25, 0.3) is 0 Å². The van der Waals surface area contributed by atoms with Gasteiger partial charge in [-0.3, -0.25) is 14.9 Å². The summed E-state index contributed by atoms with van der Waals surface area (Å²) in [6.45, 7) is 6.36. The molecule has 5 heteroatoms. The van der Waals surface area contributed by atoms with E-state index in [4.69, 9.17) is 9.47 Å². The second kappa shape index (κ2) is 6.89. The Morgan fingerprint density at radius 1 is 1.24 bits per heavy atom. The molecule has 0 spiro atoms. The molecular weight excluding hydrogens is 318 g/mol. The molecule has 3 rings (SSSR count). The first-order valence-corrected chi connectivity index (χ1v) is 8.94. The molecule has 136 valence electrons. The van der Waals surface area contributed by atoms with Crippen molar-refractivity contribution in [3.63, 3.8) is 0 Å². The number of ketones is 1. The SMILES string of the molecule is COC(=O)C1(NC2OC2Cc2c(C)cc(C)cc2C)CCC(=O)CC1. The van der Waals surface area contributed by atoms with Crippen molar-refractivity contribution in [2.24, 2.45) is 0 Å². The molecule has 2 unspecified atom stereocenters. The van der Waals surface area contributed by atoms with Crippen LogP contribution in [0.4, 0.5) is 0 Å². The number of benzene rings is 1. The number of esters is 1. The Labute approximate surface area is 149 Å². The minimum absolute atomic E-state index is 0.0549. The Balaban J connectivity index is 1.67. The van der Waals surface area contributed by atoms with Crippen molar-refractivity contribution >= 4 is 11.8 Å². The third-order valence-corrected chi connectivity index (χ3v) is 5.48. The van der Waals surface area contributed by atoms with Crippen LogP contribution in [0.2, 0.25) is 0 Å². The van der Waals surface area contributed by atoms with Crippen LogP contribution in [0, 0.1) is 20.8 Å². The summed E-state index contributed by atoms with van der Waals surface area (Å²) in [6.07, 6.45) is 2.50. The molecule has 0 aromatic heterocycles. The van der Waals surface area contributed by atoms with E-state index < -0.39 is 5.54 Å². The number of hydrogen-bond donors (Lipinski definition) is 1. The molecule has 1 saturated heterocycles. The van der Waals surface area contributed by atoms with Crippen LogP contribution in [0.1, 0.15) is 47.9 Å². The first kappa shape index (κ1) is 18.1. The van der Waals surface area contributed by atoms with Crippen LogP contribution in [-0.2, 0) is 25.5 Å². The van der Waals surface area contributed by atoms with Crippen LogP contribution in [-0.4, -0.2) is 36.7 Å². The number of hydrogen-bond acceptors (Lipinski definition) is 5. The van der Waals surface area contributed by atoms with Crippen molar-refractivity contribution in [2.75, 3.05) is 7.11 Å². The lowest BCUT2D eigenvalue weighted by Gasteiger charge is -2.34. The molecule has 25 heavy (non-hydrogen) atoms. The highest BCUT2D eigenvalue weighted by Gasteiger charge is 2.50. The molecule has 1 aromatic carbocycles. The number of aryl methyl sites for hydroxylation is 3. The predicted molar refractivity (Wildman–Crippen MR) is 94.4 cm³/mol. The Bertz CT molecular complexity index is 664. The minimum atomic E-state index is -0.792. The highest BCUT2D eigenvalue weighted by Crippen LogP contribution is 2.34. The average molecular weight is 345 g/mol. The van der Waals surface area contributed by atoms with Gasteiger partial charge in [0.05, 0.1) is 7.11 Å². The van der Waals surface area contributed by atoms with E-state index in [9.17, 15) is 9.59 Å². The molecule has 2 aliphatic rings. The second-order valence-corrected chi connectivity index (χ2v) is 7.43. The largest absolute Gasteiger partial charge is 0.468 e. The summed E-state index contributed by atoms with van der Waals surface area (Å²) in [4.78, 5) is 23.9. The lowest BCUT2D eigenvalue weighted by molar-refractivity contribution is -0.151. The monoisotopic (exact) mass is 345 g/mol. The maximum Gasteiger partial charge on any atom is 0.326 e. The normalized spacial score (nSPS) is 24.9. The number of Topliss-reactive ketones (excluding diaryl/α,β-unsaturated/α-hetero) is 1. The van der Waals surface area contributed by atoms with Crippen molar-refractivity contribution in [1.29, 1.82) is 0 Å². The van der Waals surface area contributed by atoms with Gasteiger partial charge in [0.15, 0.2) is 0 Å². The molecule has 2 atom stereocenters. The molecule has 5 nitrogen and oxygen atoms in total. The number of methoxy groups -OCH3 is 1. The zero-order valence-electron chi connectivity index (χ0n) is 15.5. The molecule has 0 radical (unpaired) electrons. The van der Waals surface area contributed by atoms with Gasteiger partial charge in [0.2, 0.25) is 0 Å². The number of epoxide rings is 1. The van der Waals surface area contributed by atoms with Gasteiger partial charge in [-0.25, -0.2) is 0 Å². The van der Waals surface area contributed by atoms with Gasteiger partial charge in [-0.05, 0) is 50.3 Å². The lowest BCUT2D eigenvalue weighted by atomic mass is 9.81. The molecule has 1 saturated carbocycles. The van der Waals surface area contributed by atoms with Crippen LogP contribution in [0.5, 0.6) is 0 Å². The quantitative estimate of drug-likeness (QED) is 0.656. The van der Waals surface area contributed by atoms with E-state index in [-0.39, 0.29) is 24.1 Å². The first-order chi connectivity index (χ1) is 11.8. The second-order valence-electron chi connectivity index (χ2n) is 7.43. The molecule has 1 aromatic rings. The maximum atomic E-state index is 12.3. The number of carbonyl (C=O) groups excluding carboxylic acids is 2. The van der Waals surface area contributed by atoms with E-state index in [2.05, 4.69) is 38.2 Å². The van der Waals surface area contributed by atoms with Gasteiger partial charge in [-0.2, -0.15) is 0 Å². The Kier molecular flexibility index (Phi) is 4.98. The summed E-state index contributed by atoms with van der Waals surface area (Å²) < 4.78 is 10.8. The number of carbonyl (C=O) groups is 2. The van der Waals surface area contributed by atoms with Gasteiger partial charge < -0.3 is 9.47 Å². The van der Waals surface area contributed by atoms with E-state index in [1.165, 1.54) is 29.4 Å². The van der Waals surface area contributed by atoms with E-state index in [0.717, 1.165) is 6.42 Å². The average Bonchev–Trinajstić information content (AvgIpc) is 3.30. The first-order valence-electron chi connectivity index (χ1n) is 8.94. The summed E-state index contributed by atoms with van der Waals surface area (Å²) in [5.41, 5.74) is 4.34. The van der Waals surface area contributed by atoms with E-state index in [1.807, 2.05) is 0 Å². The molecule has 1 heterocycles. The van der Waals surface area contributed by atoms with Gasteiger partial charge in [-0.1, -0.05) is 17.7 Å². The maximum absolute atomic E-state index is 12.3. The van der Waals surface area contributed by atoms with Crippen molar-refractivity contribution in [3.05, 3.63) is 34.4 Å². The topological polar surface area (TPSA) is 67.9 Å².